The van der Waals surface area contributed by atoms with Crippen molar-refractivity contribution in [2.45, 2.75) is 160 Å². The molecule has 0 spiro atoms. The monoisotopic (exact) mass is 1310 g/mol. The van der Waals surface area contributed by atoms with Crippen LogP contribution in [0.3, 0.4) is 0 Å². The predicted octanol–water partition coefficient (Wildman–Crippen LogP) is 22.7. The number of aromatic hydroxyl groups is 2. The van der Waals surface area contributed by atoms with Crippen molar-refractivity contribution in [1.82, 2.24) is 9.13 Å². The van der Waals surface area contributed by atoms with E-state index >= 15 is 4.39 Å². The van der Waals surface area contributed by atoms with Gasteiger partial charge in [-0.3, -0.25) is 0 Å². The van der Waals surface area contributed by atoms with E-state index in [-0.39, 0.29) is 33.2 Å². The summed E-state index contributed by atoms with van der Waals surface area (Å²) in [4.78, 5) is 0. The molecule has 10 heteroatoms. The van der Waals surface area contributed by atoms with Gasteiger partial charge in [0, 0.05) is 48.8 Å². The quantitative estimate of drug-likeness (QED) is 0.0542. The van der Waals surface area contributed by atoms with Crippen molar-refractivity contribution in [3.63, 3.8) is 0 Å². The van der Waals surface area contributed by atoms with Crippen molar-refractivity contribution in [2.75, 3.05) is 13.2 Å². The van der Waals surface area contributed by atoms with Crippen molar-refractivity contribution in [2.24, 2.45) is 10.8 Å². The third-order valence-corrected chi connectivity index (χ3v) is 25.3. The molecule has 9 aromatic carbocycles. The van der Waals surface area contributed by atoms with Crippen molar-refractivity contribution >= 4 is 86.9 Å². The van der Waals surface area contributed by atoms with Crippen molar-refractivity contribution in [1.29, 1.82) is 0 Å². The maximum Gasteiger partial charge on any atom is 0.237 e. The third-order valence-electron chi connectivity index (χ3n) is 19.5. The molecule has 0 amide bonds. The molecule has 0 fully saturated rings. The van der Waals surface area contributed by atoms with E-state index in [1.807, 2.05) is 26.0 Å². The van der Waals surface area contributed by atoms with Gasteiger partial charge in [0.25, 0.3) is 0 Å². The van der Waals surface area contributed by atoms with Gasteiger partial charge in [-0.15, -0.1) is 0 Å². The van der Waals surface area contributed by atoms with Crippen molar-refractivity contribution in [3.05, 3.63) is 210 Å². The first-order valence-corrected chi connectivity index (χ1v) is 40.3. The topological polar surface area (TPSA) is 55.7 Å². The van der Waals surface area contributed by atoms with Gasteiger partial charge >= 0.3 is 0 Å². The Bertz CT molecular complexity index is 4760. The number of benzene rings is 9. The average molecular weight is 1310 g/mol. The number of hydrogen-bond donors (Lipinski definition) is 2. The fourth-order valence-corrected chi connectivity index (χ4v) is 19.3. The number of aromatic nitrogens is 2. The van der Waals surface area contributed by atoms with Gasteiger partial charge in [0.1, 0.15) is 31.8 Å². The summed E-state index contributed by atoms with van der Waals surface area (Å²) in [7, 11) is 5.40. The Morgan fingerprint density at radius 2 is 0.915 bits per heavy atom. The second-order valence-corrected chi connectivity index (χ2v) is 42.3. The Labute approximate surface area is 566 Å². The second-order valence-electron chi connectivity index (χ2n) is 32.4. The number of phenols is 2. The summed E-state index contributed by atoms with van der Waals surface area (Å²) < 4.78 is 27.2. The number of nitrogens with zero attached hydrogens (tertiary/aromatic N) is 2. The number of fused-ring (bicyclic) bond motifs is 6. The minimum absolute atomic E-state index is 0.000163. The van der Waals surface area contributed by atoms with E-state index < -0.39 is 22.0 Å². The summed E-state index contributed by atoms with van der Waals surface area (Å²) in [5, 5.41) is 35.7. The number of aryl methyl sites for hydroxylation is 4. The van der Waals surface area contributed by atoms with E-state index in [0.29, 0.717) is 64.0 Å². The standard InChI is InChI=1S/C84H98ClFN2O4Si2/c1-52-29-34-71-65(38-52)66-48-61(93(17,18)19)31-35-72(66)87(71)75-44-56(83(11,12)50-81(5,6)7)42-67(77(75)89)69-46-58(85)40-54(3)79(69)91(15)36-25-37-92(16)80-55(4)41-59(86)47-70(80)68-43-57(84(13,14)51-82(8,9)10)45-76(78(68)90)88-73-39-53(2)28-32-63(73)64-33-30-62(49-74(64)88)94(20,21)60-26-23-22-24-27-60/h22-24,26-35,38-49,89-90H,15-16,25,36-37,50-51H2,1-14,17-21H3. The van der Waals surface area contributed by atoms with Crippen LogP contribution in [0.5, 0.6) is 23.0 Å². The number of rotatable bonds is 17. The van der Waals surface area contributed by atoms with Crippen LogP contribution in [-0.4, -0.2) is 48.7 Å². The zero-order chi connectivity index (χ0) is 68.3. The Balaban J connectivity index is 1.01. The van der Waals surface area contributed by atoms with E-state index in [9.17, 15) is 10.2 Å². The van der Waals surface area contributed by atoms with Gasteiger partial charge in [-0.1, -0.05) is 207 Å². The molecule has 11 rings (SSSR count). The smallest absolute Gasteiger partial charge is 0.237 e. The lowest BCUT2D eigenvalue weighted by Gasteiger charge is -2.35. The van der Waals surface area contributed by atoms with Crippen LogP contribution in [-0.2, 0) is 19.6 Å². The van der Waals surface area contributed by atoms with Gasteiger partial charge in [-0.25, -0.2) is 4.39 Å². The molecule has 2 aromatic heterocycles. The van der Waals surface area contributed by atoms with Gasteiger partial charge in [0.15, 0.2) is 13.2 Å². The zero-order valence-electron chi connectivity index (χ0n) is 59.2. The van der Waals surface area contributed by atoms with Crippen molar-refractivity contribution in [3.8, 4) is 56.6 Å². The highest BCUT2D eigenvalue weighted by atomic mass is 35.5. The van der Waals surface area contributed by atoms with Crippen LogP contribution in [0.1, 0.15) is 122 Å². The first kappa shape index (κ1) is 67.8. The first-order chi connectivity index (χ1) is 43.8. The molecule has 490 valence electrons. The van der Waals surface area contributed by atoms with E-state index in [1.54, 1.807) is 12.1 Å². The lowest BCUT2D eigenvalue weighted by Crippen LogP contribution is -2.52. The van der Waals surface area contributed by atoms with E-state index in [2.05, 4.69) is 275 Å². The molecule has 0 bridgehead atoms. The second kappa shape index (κ2) is 24.6. The lowest BCUT2D eigenvalue weighted by molar-refractivity contribution is -0.0169. The minimum atomic E-state index is -2.20. The molecule has 0 saturated heterocycles. The molecule has 6 nitrogen and oxygen atoms in total. The summed E-state index contributed by atoms with van der Waals surface area (Å²) in [6.07, 6.45) is 2.26. The maximum absolute atomic E-state index is 16.5. The highest BCUT2D eigenvalue weighted by molar-refractivity contribution is 7.00. The van der Waals surface area contributed by atoms with Gasteiger partial charge in [0.2, 0.25) is 11.5 Å². The van der Waals surface area contributed by atoms with Gasteiger partial charge < -0.3 is 28.1 Å². The lowest BCUT2D eigenvalue weighted by atomic mass is 9.71. The molecule has 0 saturated carbocycles. The van der Waals surface area contributed by atoms with E-state index in [1.165, 1.54) is 26.5 Å². The predicted molar refractivity (Wildman–Crippen MR) is 406 cm³/mol. The number of halogens is 2. The molecular weight excluding hydrogens is 1210 g/mol. The molecule has 0 aliphatic heterocycles. The summed E-state index contributed by atoms with van der Waals surface area (Å²) in [5.41, 5.74) is 13.0. The molecule has 0 atom stereocenters. The first-order valence-electron chi connectivity index (χ1n) is 33.4. The molecular formula is C84H98ClFN2O4Si2. The Morgan fingerprint density at radius 1 is 0.457 bits per heavy atom. The van der Waals surface area contributed by atoms with Crippen LogP contribution in [0.15, 0.2) is 152 Å². The Kier molecular flexibility index (Phi) is 17.7. The van der Waals surface area contributed by atoms with Crippen LogP contribution in [0.4, 0.5) is 4.39 Å². The third kappa shape index (κ3) is 13.0. The largest absolute Gasteiger partial charge is 0.711 e. The number of hydrogen-bond acceptors (Lipinski definition) is 2. The molecule has 0 aliphatic rings. The van der Waals surface area contributed by atoms with Gasteiger partial charge in [0.05, 0.1) is 52.6 Å². The van der Waals surface area contributed by atoms with E-state index in [4.69, 9.17) is 11.6 Å². The fourth-order valence-electron chi connectivity index (χ4n) is 15.5. The SMILES string of the molecule is [CH2-][O+](CCC[O+]([CH2-])c1c(C)cc(Cl)cc1-c1cc(C(C)(C)CC(C)(C)C)cc(-n2c3ccc(C)cc3c3cc([Si](C)(C)C)ccc32)c1O)c1c(C)cc(F)cc1-c1cc(C(C)(C)CC(C)(C)C)cc(-n2c3cc(C)ccc3c3ccc([Si](C)(C)c4ccccc4)cc32)c1O. The van der Waals surface area contributed by atoms with Gasteiger partial charge in [-0.05, 0) is 172 Å². The van der Waals surface area contributed by atoms with Crippen molar-refractivity contribution < 1.29 is 23.3 Å². The molecule has 94 heavy (non-hydrogen) atoms. The van der Waals surface area contributed by atoms with Gasteiger partial charge in [-0.2, -0.15) is 0 Å². The zero-order valence-corrected chi connectivity index (χ0v) is 62.0. The van der Waals surface area contributed by atoms with Crippen LogP contribution in [0, 0.1) is 58.6 Å². The minimum Gasteiger partial charge on any atom is -0.711 e. The summed E-state index contributed by atoms with van der Waals surface area (Å²) in [5.74, 6) is 1.18. The molecule has 0 radical (unpaired) electrons. The average Bonchev–Trinajstić information content (AvgIpc) is 1.54. The Hall–Kier alpha value is -7.57. The summed E-state index contributed by atoms with van der Waals surface area (Å²) >= 11 is 7.13. The Morgan fingerprint density at radius 3 is 1.46 bits per heavy atom. The molecule has 2 N–H and O–H groups in total. The van der Waals surface area contributed by atoms with Crippen LogP contribution < -0.4 is 15.6 Å². The maximum atomic E-state index is 16.5. The van der Waals surface area contributed by atoms with Crippen LogP contribution >= 0.6 is 11.6 Å². The summed E-state index contributed by atoms with van der Waals surface area (Å²) in [6, 6.07) is 53.4. The van der Waals surface area contributed by atoms with Crippen LogP contribution in [0.2, 0.25) is 37.8 Å². The number of phenolic OH excluding ortho intramolecular Hbond substituents is 2. The summed E-state index contributed by atoms with van der Waals surface area (Å²) in [6.45, 7) is 43.7. The normalized spacial score (nSPS) is 12.9. The molecule has 0 aliphatic carbocycles. The molecule has 2 heterocycles. The molecule has 0 unspecified atom stereocenters. The highest BCUT2D eigenvalue weighted by Crippen LogP contribution is 2.53. The fraction of sp³-hybridized carbons (Fsp3) is 0.333. The highest BCUT2D eigenvalue weighted by Gasteiger charge is 2.36. The van der Waals surface area contributed by atoms with E-state index in [0.717, 1.165) is 84.6 Å². The molecule has 11 aromatic rings. The van der Waals surface area contributed by atoms with Crippen LogP contribution in [0.25, 0.3) is 77.2 Å².